The maximum Gasteiger partial charge on any atom is 0.306 e. The highest BCUT2D eigenvalue weighted by atomic mass is 16.4. The predicted molar refractivity (Wildman–Crippen MR) is 64.9 cm³/mol. The lowest BCUT2D eigenvalue weighted by Crippen LogP contribution is -2.56. The van der Waals surface area contributed by atoms with E-state index in [2.05, 4.69) is 5.32 Å². The Balaban J connectivity index is 1.53. The molecule has 5 nitrogen and oxygen atoms in total. The third-order valence-corrected chi connectivity index (χ3v) is 4.94. The van der Waals surface area contributed by atoms with Crippen LogP contribution in [-0.2, 0) is 9.59 Å². The van der Waals surface area contributed by atoms with Gasteiger partial charge in [-0.1, -0.05) is 6.92 Å². The average molecular weight is 252 g/mol. The van der Waals surface area contributed by atoms with Crippen LogP contribution in [-0.4, -0.2) is 47.1 Å². The number of fused-ring (bicyclic) bond motifs is 2. The summed E-state index contributed by atoms with van der Waals surface area (Å²) in [6.07, 6.45) is 3.29. The first-order chi connectivity index (χ1) is 8.56. The quantitative estimate of drug-likeness (QED) is 0.758. The first kappa shape index (κ1) is 12.0. The van der Waals surface area contributed by atoms with Gasteiger partial charge in [0.1, 0.15) is 0 Å². The summed E-state index contributed by atoms with van der Waals surface area (Å²) in [5, 5.41) is 12.4. The molecule has 18 heavy (non-hydrogen) atoms. The molecule has 0 saturated carbocycles. The Morgan fingerprint density at radius 3 is 2.56 bits per heavy atom. The molecule has 0 aliphatic carbocycles. The highest BCUT2D eigenvalue weighted by molar-refractivity contribution is 5.81. The van der Waals surface area contributed by atoms with Crippen molar-refractivity contribution in [2.45, 2.75) is 38.3 Å². The Kier molecular flexibility index (Phi) is 2.81. The van der Waals surface area contributed by atoms with Crippen molar-refractivity contribution in [1.29, 1.82) is 0 Å². The van der Waals surface area contributed by atoms with Crippen LogP contribution in [0.1, 0.15) is 26.2 Å². The van der Waals surface area contributed by atoms with Gasteiger partial charge in [0, 0.05) is 31.1 Å². The second-order valence-electron chi connectivity index (χ2n) is 6.02. The minimum absolute atomic E-state index is 0.137. The Bertz CT molecular complexity index is 378. The molecule has 0 aromatic heterocycles. The van der Waals surface area contributed by atoms with E-state index < -0.39 is 5.97 Å². The zero-order valence-electron chi connectivity index (χ0n) is 10.6. The molecule has 5 heteroatoms. The number of carboxylic acids is 1. The fourth-order valence-electron chi connectivity index (χ4n) is 3.54. The van der Waals surface area contributed by atoms with E-state index >= 15 is 0 Å². The predicted octanol–water partition coefficient (Wildman–Crippen LogP) is 0.306. The fraction of sp³-hybridized carbons (Fsp3) is 0.846. The molecule has 0 radical (unpaired) electrons. The van der Waals surface area contributed by atoms with Crippen LogP contribution in [0.25, 0.3) is 0 Å². The van der Waals surface area contributed by atoms with Gasteiger partial charge in [-0.25, -0.2) is 0 Å². The van der Waals surface area contributed by atoms with Gasteiger partial charge < -0.3 is 15.3 Å². The number of carboxylic acid groups (broad SMARTS) is 1. The lowest BCUT2D eigenvalue weighted by atomic mass is 9.83. The summed E-state index contributed by atoms with van der Waals surface area (Å²) in [5.41, 5.74) is 0. The van der Waals surface area contributed by atoms with Crippen LogP contribution in [0.15, 0.2) is 0 Å². The smallest absolute Gasteiger partial charge is 0.306 e. The zero-order chi connectivity index (χ0) is 12.9. The highest BCUT2D eigenvalue weighted by Crippen LogP contribution is 2.36. The topological polar surface area (TPSA) is 69.6 Å². The molecule has 3 saturated heterocycles. The number of likely N-dealkylation sites (tertiary alicyclic amines) is 1. The molecule has 3 aliphatic heterocycles. The van der Waals surface area contributed by atoms with Crippen LogP contribution in [0.4, 0.5) is 0 Å². The lowest BCUT2D eigenvalue weighted by molar-refractivity contribution is -0.152. The van der Waals surface area contributed by atoms with Crippen molar-refractivity contribution in [2.24, 2.45) is 17.8 Å². The van der Waals surface area contributed by atoms with Gasteiger partial charge in [-0.05, 0) is 19.3 Å². The van der Waals surface area contributed by atoms with Crippen molar-refractivity contribution in [1.82, 2.24) is 10.2 Å². The largest absolute Gasteiger partial charge is 0.481 e. The molecule has 3 fully saturated rings. The zero-order valence-corrected chi connectivity index (χ0v) is 10.6. The monoisotopic (exact) mass is 252 g/mol. The number of nitrogens with zero attached hydrogens (tertiary/aromatic N) is 1. The Morgan fingerprint density at radius 2 is 2.06 bits per heavy atom. The molecule has 0 aromatic rings. The van der Waals surface area contributed by atoms with Crippen LogP contribution in [0, 0.1) is 17.8 Å². The van der Waals surface area contributed by atoms with Gasteiger partial charge in [0.2, 0.25) is 5.91 Å². The van der Waals surface area contributed by atoms with E-state index in [1.165, 1.54) is 6.42 Å². The van der Waals surface area contributed by atoms with Gasteiger partial charge >= 0.3 is 5.97 Å². The minimum Gasteiger partial charge on any atom is -0.481 e. The summed E-state index contributed by atoms with van der Waals surface area (Å²) in [6.45, 7) is 2.98. The number of hydrogen-bond donors (Lipinski definition) is 2. The lowest BCUT2D eigenvalue weighted by Gasteiger charge is -2.43. The molecule has 100 valence electrons. The number of carbonyl (C=O) groups is 2. The van der Waals surface area contributed by atoms with Crippen LogP contribution in [0.3, 0.4) is 0 Å². The normalized spacial score (nSPS) is 36.5. The molecule has 4 atom stereocenters. The molecule has 2 N–H and O–H groups in total. The van der Waals surface area contributed by atoms with Crippen molar-refractivity contribution in [3.8, 4) is 0 Å². The molecular weight excluding hydrogens is 232 g/mol. The van der Waals surface area contributed by atoms with Crippen LogP contribution in [0.5, 0.6) is 0 Å². The van der Waals surface area contributed by atoms with Gasteiger partial charge in [-0.15, -0.1) is 0 Å². The average Bonchev–Trinajstić information content (AvgIpc) is 2.87. The summed E-state index contributed by atoms with van der Waals surface area (Å²) in [6, 6.07) is 0.914. The van der Waals surface area contributed by atoms with E-state index in [0.29, 0.717) is 25.2 Å². The number of hydrogen-bond acceptors (Lipinski definition) is 3. The van der Waals surface area contributed by atoms with Crippen molar-refractivity contribution in [3.63, 3.8) is 0 Å². The van der Waals surface area contributed by atoms with E-state index in [0.717, 1.165) is 12.8 Å². The van der Waals surface area contributed by atoms with E-state index in [9.17, 15) is 9.59 Å². The van der Waals surface area contributed by atoms with E-state index in [1.54, 1.807) is 6.92 Å². The number of rotatable bonds is 3. The standard InChI is InChI=1S/C13H20N2O3/c1-7(13(17)18)8-5-15(6-8)12(16)10-4-9-2-3-11(10)14-9/h7-11,14H,2-6H2,1H3,(H,17,18). The number of carbonyl (C=O) groups excluding carboxylic acids is 1. The van der Waals surface area contributed by atoms with Gasteiger partial charge in [-0.3, -0.25) is 9.59 Å². The van der Waals surface area contributed by atoms with Crippen molar-refractivity contribution < 1.29 is 14.7 Å². The SMILES string of the molecule is CC(C(=O)O)C1CN(C(=O)C2CC3CCC2N3)C1. The number of aliphatic carboxylic acids is 1. The minimum atomic E-state index is -0.756. The summed E-state index contributed by atoms with van der Waals surface area (Å²) >= 11 is 0. The fourth-order valence-corrected chi connectivity index (χ4v) is 3.54. The van der Waals surface area contributed by atoms with Crippen LogP contribution in [0.2, 0.25) is 0 Å². The summed E-state index contributed by atoms with van der Waals surface area (Å²) in [4.78, 5) is 25.0. The second-order valence-corrected chi connectivity index (χ2v) is 6.02. The second kappa shape index (κ2) is 4.23. The third kappa shape index (κ3) is 1.81. The number of amides is 1. The van der Waals surface area contributed by atoms with Crippen LogP contribution >= 0.6 is 0 Å². The van der Waals surface area contributed by atoms with E-state index in [-0.39, 0.29) is 23.7 Å². The molecule has 3 aliphatic rings. The maximum atomic E-state index is 12.3. The molecule has 0 spiro atoms. The van der Waals surface area contributed by atoms with Crippen molar-refractivity contribution in [3.05, 3.63) is 0 Å². The first-order valence-electron chi connectivity index (χ1n) is 6.84. The van der Waals surface area contributed by atoms with Crippen LogP contribution < -0.4 is 5.32 Å². The summed E-state index contributed by atoms with van der Waals surface area (Å²) in [5.74, 6) is -0.577. The molecule has 4 unspecified atom stereocenters. The highest BCUT2D eigenvalue weighted by Gasteiger charge is 2.47. The molecule has 2 bridgehead atoms. The van der Waals surface area contributed by atoms with Gasteiger partial charge in [0.05, 0.1) is 11.8 Å². The van der Waals surface area contributed by atoms with E-state index in [4.69, 9.17) is 5.11 Å². The molecule has 1 amide bonds. The third-order valence-electron chi connectivity index (χ3n) is 4.94. The summed E-state index contributed by atoms with van der Waals surface area (Å²) < 4.78 is 0. The maximum absolute atomic E-state index is 12.3. The van der Waals surface area contributed by atoms with Crippen molar-refractivity contribution >= 4 is 11.9 Å². The van der Waals surface area contributed by atoms with Gasteiger partial charge in [-0.2, -0.15) is 0 Å². The first-order valence-corrected chi connectivity index (χ1v) is 6.84. The Hall–Kier alpha value is -1.10. The molecule has 3 heterocycles. The van der Waals surface area contributed by atoms with E-state index in [1.807, 2.05) is 4.90 Å². The molecule has 0 aromatic carbocycles. The Morgan fingerprint density at radius 1 is 1.33 bits per heavy atom. The number of nitrogens with one attached hydrogen (secondary N) is 1. The van der Waals surface area contributed by atoms with Crippen molar-refractivity contribution in [2.75, 3.05) is 13.1 Å². The molecular formula is C13H20N2O3. The van der Waals surface area contributed by atoms with Gasteiger partial charge in [0.15, 0.2) is 0 Å². The Labute approximate surface area is 107 Å². The van der Waals surface area contributed by atoms with Gasteiger partial charge in [0.25, 0.3) is 0 Å². The molecule has 3 rings (SSSR count). The summed E-state index contributed by atoms with van der Waals surface area (Å²) in [7, 11) is 0.